The molecule has 0 aromatic carbocycles. The van der Waals surface area contributed by atoms with Crippen LogP contribution in [0.1, 0.15) is 0 Å². The van der Waals surface area contributed by atoms with E-state index in [1.54, 1.807) is 0 Å². The zero-order valence-electron chi connectivity index (χ0n) is 4.70. The quantitative estimate of drug-likeness (QED) is 0.446. The van der Waals surface area contributed by atoms with Crippen LogP contribution < -0.4 is 5.90 Å². The lowest BCUT2D eigenvalue weighted by Crippen LogP contribution is -2.19. The summed E-state index contributed by atoms with van der Waals surface area (Å²) in [6.45, 7) is 0.290. The minimum absolute atomic E-state index is 0.146. The molecule has 0 aliphatic carbocycles. The van der Waals surface area contributed by atoms with E-state index in [1.165, 1.54) is 0 Å². The average molecular weight is 149 g/mol. The van der Waals surface area contributed by atoms with Crippen molar-refractivity contribution in [2.24, 2.45) is 5.90 Å². The lowest BCUT2D eigenvalue weighted by atomic mass is 10.4. The largest absolute Gasteiger partial charge is 0.451 e. The first-order chi connectivity index (χ1) is 4.33. The Kier molecular flexibility index (Phi) is 2.32. The second kappa shape index (κ2) is 3.05. The van der Waals surface area contributed by atoms with Crippen LogP contribution in [0.2, 0.25) is 0 Å². The second-order valence-electron chi connectivity index (χ2n) is 1.63. The molecule has 0 spiro atoms. The van der Waals surface area contributed by atoms with Gasteiger partial charge in [0, 0.05) is 5.75 Å². The maximum Gasteiger partial charge on any atom is 0.367 e. The maximum absolute atomic E-state index is 10.4. The van der Waals surface area contributed by atoms with Crippen LogP contribution in [0.25, 0.3) is 0 Å². The smallest absolute Gasteiger partial charge is 0.367 e. The fourth-order valence-corrected chi connectivity index (χ4v) is 1.24. The summed E-state index contributed by atoms with van der Waals surface area (Å²) in [5.74, 6) is 5.40. The van der Waals surface area contributed by atoms with Gasteiger partial charge in [-0.3, -0.25) is 0 Å². The third-order valence-corrected chi connectivity index (χ3v) is 1.80. The van der Waals surface area contributed by atoms with Gasteiger partial charge in [0.05, 0.1) is 0 Å². The molecule has 0 radical (unpaired) electrons. The second-order valence-corrected chi connectivity index (χ2v) is 2.59. The van der Waals surface area contributed by atoms with Gasteiger partial charge in [-0.1, -0.05) is 0 Å². The molecule has 0 saturated carbocycles. The van der Waals surface area contributed by atoms with Crippen LogP contribution in [-0.2, 0) is 9.57 Å². The van der Waals surface area contributed by atoms with Gasteiger partial charge < -0.3 is 9.57 Å². The predicted octanol–water partition coefficient (Wildman–Crippen LogP) is 0.129. The number of thioether (sulfide) groups is 1. The third-order valence-electron chi connectivity index (χ3n) is 0.932. The minimum atomic E-state index is -0.239. The lowest BCUT2D eigenvalue weighted by Gasteiger charge is -2.03. The molecule has 1 atom stereocenters. The molecule has 0 amide bonds. The number of hydrogen-bond donors (Lipinski definition) is 1. The van der Waals surface area contributed by atoms with Crippen molar-refractivity contribution in [2.75, 3.05) is 12.4 Å². The van der Waals surface area contributed by atoms with E-state index in [9.17, 15) is 4.79 Å². The average Bonchev–Trinajstić information content (AvgIpc) is 2.17. The van der Waals surface area contributed by atoms with Gasteiger partial charge in [-0.05, 0) is 11.8 Å². The van der Waals surface area contributed by atoms with Gasteiger partial charge in [-0.2, -0.15) is 0 Å². The molecule has 52 valence electrons. The number of rotatable bonds is 2. The van der Waals surface area contributed by atoms with E-state index < -0.39 is 0 Å². The van der Waals surface area contributed by atoms with E-state index >= 15 is 0 Å². The lowest BCUT2D eigenvalue weighted by molar-refractivity contribution is 0.0460. The molecular weight excluding hydrogens is 142 g/mol. The summed E-state index contributed by atoms with van der Waals surface area (Å²) in [7, 11) is 0. The molecule has 1 aliphatic heterocycles. The molecule has 1 aliphatic rings. The summed E-state index contributed by atoms with van der Waals surface area (Å²) >= 11 is 1.15. The third kappa shape index (κ3) is 1.85. The van der Waals surface area contributed by atoms with Crippen LogP contribution in [0.5, 0.6) is 0 Å². The first-order valence-corrected chi connectivity index (χ1v) is 3.46. The Balaban J connectivity index is 2.22. The molecule has 2 N–H and O–H groups in total. The van der Waals surface area contributed by atoms with E-state index in [4.69, 9.17) is 10.6 Å². The number of nitrogens with two attached hydrogens (primary N) is 1. The standard InChI is InChI=1S/C4H7NO3S/c5-7-1-3-2-9-4(6)8-3/h3H,1-2,5H2. The highest BCUT2D eigenvalue weighted by Gasteiger charge is 2.23. The Bertz CT molecular complexity index is 118. The van der Waals surface area contributed by atoms with Gasteiger partial charge in [0.1, 0.15) is 12.7 Å². The van der Waals surface area contributed by atoms with Crippen molar-refractivity contribution in [3.05, 3.63) is 0 Å². The van der Waals surface area contributed by atoms with Crippen molar-refractivity contribution in [3.63, 3.8) is 0 Å². The molecule has 0 aromatic rings. The van der Waals surface area contributed by atoms with Crippen molar-refractivity contribution in [3.8, 4) is 0 Å². The molecule has 1 saturated heterocycles. The van der Waals surface area contributed by atoms with E-state index in [-0.39, 0.29) is 11.4 Å². The topological polar surface area (TPSA) is 61.5 Å². The summed E-state index contributed by atoms with van der Waals surface area (Å²) in [5, 5.41) is -0.239. The molecule has 5 heteroatoms. The van der Waals surface area contributed by atoms with E-state index in [1.807, 2.05) is 0 Å². The number of hydrogen-bond acceptors (Lipinski definition) is 5. The number of cyclic esters (lactones) is 1. The maximum atomic E-state index is 10.4. The minimum Gasteiger partial charge on any atom is -0.451 e. The van der Waals surface area contributed by atoms with Crippen molar-refractivity contribution < 1.29 is 14.4 Å². The van der Waals surface area contributed by atoms with Gasteiger partial charge >= 0.3 is 5.30 Å². The molecule has 9 heavy (non-hydrogen) atoms. The van der Waals surface area contributed by atoms with Crippen LogP contribution in [0.3, 0.4) is 0 Å². The Morgan fingerprint density at radius 2 is 2.78 bits per heavy atom. The van der Waals surface area contributed by atoms with Crippen molar-refractivity contribution in [2.45, 2.75) is 6.10 Å². The monoisotopic (exact) mass is 149 g/mol. The van der Waals surface area contributed by atoms with Gasteiger partial charge in [0.2, 0.25) is 0 Å². The first-order valence-electron chi connectivity index (χ1n) is 2.48. The fourth-order valence-electron chi connectivity index (χ4n) is 0.555. The molecule has 0 bridgehead atoms. The van der Waals surface area contributed by atoms with Crippen LogP contribution >= 0.6 is 11.8 Å². The Morgan fingerprint density at radius 1 is 2.00 bits per heavy atom. The summed E-state index contributed by atoms with van der Waals surface area (Å²) < 4.78 is 4.72. The molecular formula is C4H7NO3S. The highest BCUT2D eigenvalue weighted by molar-refractivity contribution is 8.13. The zero-order valence-corrected chi connectivity index (χ0v) is 5.52. The van der Waals surface area contributed by atoms with Gasteiger partial charge in [-0.15, -0.1) is 0 Å². The van der Waals surface area contributed by atoms with Gasteiger partial charge in [-0.25, -0.2) is 10.7 Å². The number of ether oxygens (including phenoxy) is 1. The number of carbonyl (C=O) groups excluding carboxylic acids is 1. The summed E-state index contributed by atoms with van der Waals surface area (Å²) in [5.41, 5.74) is 0. The molecule has 1 fully saturated rings. The fraction of sp³-hybridized carbons (Fsp3) is 0.750. The first kappa shape index (κ1) is 6.85. The van der Waals surface area contributed by atoms with Crippen LogP contribution in [-0.4, -0.2) is 23.8 Å². The normalized spacial score (nSPS) is 26.3. The Hall–Kier alpha value is -0.260. The van der Waals surface area contributed by atoms with Crippen molar-refractivity contribution in [1.29, 1.82) is 0 Å². The van der Waals surface area contributed by atoms with Crippen molar-refractivity contribution >= 4 is 17.1 Å². The highest BCUT2D eigenvalue weighted by atomic mass is 32.2. The van der Waals surface area contributed by atoms with Crippen LogP contribution in [0.15, 0.2) is 0 Å². The van der Waals surface area contributed by atoms with Crippen LogP contribution in [0, 0.1) is 0 Å². The van der Waals surface area contributed by atoms with Gasteiger partial charge in [0.15, 0.2) is 0 Å². The van der Waals surface area contributed by atoms with Crippen molar-refractivity contribution in [1.82, 2.24) is 0 Å². The molecule has 4 nitrogen and oxygen atoms in total. The molecule has 1 heterocycles. The Morgan fingerprint density at radius 3 is 3.22 bits per heavy atom. The molecule has 1 unspecified atom stereocenters. The highest BCUT2D eigenvalue weighted by Crippen LogP contribution is 2.18. The zero-order chi connectivity index (χ0) is 6.69. The van der Waals surface area contributed by atoms with E-state index in [0.29, 0.717) is 12.4 Å². The van der Waals surface area contributed by atoms with E-state index in [0.717, 1.165) is 11.8 Å². The SMILES string of the molecule is NOCC1CSC(=O)O1. The van der Waals surface area contributed by atoms with Crippen LogP contribution in [0.4, 0.5) is 4.79 Å². The van der Waals surface area contributed by atoms with Gasteiger partial charge in [0.25, 0.3) is 0 Å². The van der Waals surface area contributed by atoms with E-state index in [2.05, 4.69) is 4.84 Å². The molecule has 1 rings (SSSR count). The number of carbonyl (C=O) groups is 1. The Labute approximate surface area is 56.6 Å². The summed E-state index contributed by atoms with van der Waals surface area (Å²) in [6, 6.07) is 0. The predicted molar refractivity (Wildman–Crippen MR) is 32.9 cm³/mol. The summed E-state index contributed by atoms with van der Waals surface area (Å²) in [4.78, 5) is 14.7. The molecule has 0 aromatic heterocycles. The summed E-state index contributed by atoms with van der Waals surface area (Å²) in [6.07, 6.45) is -0.146.